The van der Waals surface area contributed by atoms with E-state index in [-0.39, 0.29) is 19.6 Å². The van der Waals surface area contributed by atoms with E-state index in [0.29, 0.717) is 0 Å². The molecule has 0 aliphatic carbocycles. The van der Waals surface area contributed by atoms with Gasteiger partial charge in [-0.25, -0.2) is 0 Å². The largest absolute Gasteiger partial charge is 0.481 e. The molecule has 0 aromatic carbocycles. The van der Waals surface area contributed by atoms with Gasteiger partial charge in [0.05, 0.1) is 31.3 Å². The van der Waals surface area contributed by atoms with Gasteiger partial charge in [-0.2, -0.15) is 10.5 Å². The zero-order valence-corrected chi connectivity index (χ0v) is 16.3. The van der Waals surface area contributed by atoms with Crippen molar-refractivity contribution >= 4 is 17.9 Å². The maximum atomic E-state index is 12.5. The fourth-order valence-electron chi connectivity index (χ4n) is 2.73. The van der Waals surface area contributed by atoms with Crippen LogP contribution in [-0.4, -0.2) is 50.4 Å². The molecule has 0 saturated carbocycles. The van der Waals surface area contributed by atoms with Crippen molar-refractivity contribution in [2.75, 3.05) is 27.4 Å². The average molecular weight is 382 g/mol. The van der Waals surface area contributed by atoms with E-state index in [4.69, 9.17) is 14.2 Å². The lowest BCUT2D eigenvalue weighted by atomic mass is 9.64. The fourth-order valence-corrected chi connectivity index (χ4v) is 2.73. The summed E-state index contributed by atoms with van der Waals surface area (Å²) in [6, 6.07) is 3.66. The molecule has 0 radical (unpaired) electrons. The quantitative estimate of drug-likeness (QED) is 0.416. The molecule has 1 N–H and O–H groups in total. The molecule has 0 fully saturated rings. The third-order valence-electron chi connectivity index (χ3n) is 4.45. The molecule has 27 heavy (non-hydrogen) atoms. The van der Waals surface area contributed by atoms with Crippen molar-refractivity contribution < 1.29 is 33.7 Å². The Morgan fingerprint density at radius 3 is 1.89 bits per heavy atom. The van der Waals surface area contributed by atoms with Crippen LogP contribution in [0.3, 0.4) is 0 Å². The SMILES string of the molecule is CCC(C#N)(CC(C#N)(CC(C)(C)C(=O)O)C(=O)OC)C(=O)OCCOC. The van der Waals surface area contributed by atoms with Gasteiger partial charge >= 0.3 is 17.9 Å². The van der Waals surface area contributed by atoms with E-state index < -0.39 is 47.0 Å². The van der Waals surface area contributed by atoms with Crippen LogP contribution >= 0.6 is 0 Å². The molecule has 0 heterocycles. The Morgan fingerprint density at radius 1 is 0.963 bits per heavy atom. The second-order valence-electron chi connectivity index (χ2n) is 6.90. The van der Waals surface area contributed by atoms with E-state index >= 15 is 0 Å². The van der Waals surface area contributed by atoms with Gasteiger partial charge < -0.3 is 19.3 Å². The van der Waals surface area contributed by atoms with Crippen LogP contribution in [0.25, 0.3) is 0 Å². The van der Waals surface area contributed by atoms with Crippen LogP contribution in [0.1, 0.15) is 40.0 Å². The number of methoxy groups -OCH3 is 2. The van der Waals surface area contributed by atoms with Crippen LogP contribution in [0, 0.1) is 38.9 Å². The van der Waals surface area contributed by atoms with Crippen molar-refractivity contribution in [3.05, 3.63) is 0 Å². The van der Waals surface area contributed by atoms with Gasteiger partial charge in [-0.15, -0.1) is 0 Å². The molecule has 2 unspecified atom stereocenters. The van der Waals surface area contributed by atoms with Gasteiger partial charge in [-0.05, 0) is 26.7 Å². The molecule has 0 rings (SSSR count). The molecule has 0 amide bonds. The summed E-state index contributed by atoms with van der Waals surface area (Å²) in [5.41, 5.74) is -5.30. The van der Waals surface area contributed by atoms with Crippen LogP contribution in [0.2, 0.25) is 0 Å². The molecule has 9 nitrogen and oxygen atoms in total. The number of esters is 2. The van der Waals surface area contributed by atoms with Gasteiger partial charge in [0.15, 0.2) is 10.8 Å². The number of carbonyl (C=O) groups is 3. The van der Waals surface area contributed by atoms with Crippen molar-refractivity contribution in [2.45, 2.75) is 40.0 Å². The highest BCUT2D eigenvalue weighted by molar-refractivity contribution is 5.85. The zero-order chi connectivity index (χ0) is 21.3. The van der Waals surface area contributed by atoms with E-state index in [2.05, 4.69) is 0 Å². The molecule has 0 aromatic heterocycles. The first-order chi connectivity index (χ1) is 12.5. The fraction of sp³-hybridized carbons (Fsp3) is 0.722. The summed E-state index contributed by atoms with van der Waals surface area (Å²) in [6.45, 7) is 4.26. The minimum absolute atomic E-state index is 0.0385. The number of carboxylic acids is 1. The second kappa shape index (κ2) is 9.89. The molecule has 0 saturated heterocycles. The summed E-state index contributed by atoms with van der Waals surface area (Å²) >= 11 is 0. The standard InChI is InChI=1S/C18H26N2O7/c1-6-17(11-19,15(24)27-8-7-25-4)10-18(12-20,14(23)26-5)9-16(2,3)13(21)22/h6-10H2,1-5H3,(H,21,22). The highest BCUT2D eigenvalue weighted by Crippen LogP contribution is 2.45. The van der Waals surface area contributed by atoms with Crippen molar-refractivity contribution in [2.24, 2.45) is 16.2 Å². The maximum absolute atomic E-state index is 12.5. The number of carboxylic acid groups (broad SMARTS) is 1. The average Bonchev–Trinajstić information content (AvgIpc) is 2.64. The normalized spacial score (nSPS) is 15.4. The van der Waals surface area contributed by atoms with Gasteiger partial charge in [0.25, 0.3) is 0 Å². The molecular weight excluding hydrogens is 356 g/mol. The zero-order valence-electron chi connectivity index (χ0n) is 16.3. The lowest BCUT2D eigenvalue weighted by Crippen LogP contribution is -2.45. The smallest absolute Gasteiger partial charge is 0.326 e. The van der Waals surface area contributed by atoms with Gasteiger partial charge in [0.2, 0.25) is 0 Å². The Balaban J connectivity index is 6.08. The lowest BCUT2D eigenvalue weighted by molar-refractivity contribution is -0.161. The van der Waals surface area contributed by atoms with Gasteiger partial charge in [0.1, 0.15) is 6.61 Å². The number of rotatable bonds is 11. The first kappa shape index (κ1) is 24.4. The van der Waals surface area contributed by atoms with E-state index in [1.54, 1.807) is 13.0 Å². The summed E-state index contributed by atoms with van der Waals surface area (Å²) in [6.07, 6.45) is -1.02. The summed E-state index contributed by atoms with van der Waals surface area (Å²) in [7, 11) is 2.47. The molecule has 0 spiro atoms. The topological polar surface area (TPSA) is 147 Å². The second-order valence-corrected chi connectivity index (χ2v) is 6.90. The van der Waals surface area contributed by atoms with E-state index in [9.17, 15) is 30.0 Å². The minimum atomic E-state index is -2.01. The van der Waals surface area contributed by atoms with Crippen molar-refractivity contribution in [3.8, 4) is 12.1 Å². The van der Waals surface area contributed by atoms with Gasteiger partial charge in [-0.3, -0.25) is 14.4 Å². The highest BCUT2D eigenvalue weighted by Gasteiger charge is 2.54. The maximum Gasteiger partial charge on any atom is 0.326 e. The minimum Gasteiger partial charge on any atom is -0.481 e. The highest BCUT2D eigenvalue weighted by atomic mass is 16.6. The predicted octanol–water partition coefficient (Wildman–Crippen LogP) is 1.67. The Morgan fingerprint density at radius 2 is 1.52 bits per heavy atom. The Kier molecular flexibility index (Phi) is 8.92. The number of hydrogen-bond acceptors (Lipinski definition) is 8. The molecular formula is C18H26N2O7. The molecule has 0 bridgehead atoms. The molecule has 150 valence electrons. The Hall–Kier alpha value is -2.65. The monoisotopic (exact) mass is 382 g/mol. The van der Waals surface area contributed by atoms with Crippen LogP contribution in [-0.2, 0) is 28.6 Å². The summed E-state index contributed by atoms with van der Waals surface area (Å²) in [5.74, 6) is -3.13. The number of nitriles is 2. The van der Waals surface area contributed by atoms with Crippen molar-refractivity contribution in [1.29, 1.82) is 10.5 Å². The van der Waals surface area contributed by atoms with E-state index in [0.717, 1.165) is 7.11 Å². The molecule has 2 atom stereocenters. The van der Waals surface area contributed by atoms with Gasteiger partial charge in [0, 0.05) is 13.5 Å². The van der Waals surface area contributed by atoms with Gasteiger partial charge in [-0.1, -0.05) is 6.92 Å². The number of hydrogen-bond donors (Lipinski definition) is 1. The van der Waals surface area contributed by atoms with Crippen LogP contribution < -0.4 is 0 Å². The Labute approximate surface area is 158 Å². The van der Waals surface area contributed by atoms with Crippen molar-refractivity contribution in [3.63, 3.8) is 0 Å². The molecule has 0 aliphatic rings. The molecule has 0 aromatic rings. The van der Waals surface area contributed by atoms with E-state index in [1.165, 1.54) is 21.0 Å². The van der Waals surface area contributed by atoms with Crippen LogP contribution in [0.15, 0.2) is 0 Å². The molecule has 9 heteroatoms. The number of ether oxygens (including phenoxy) is 3. The Bertz CT molecular complexity index is 647. The third-order valence-corrected chi connectivity index (χ3v) is 4.45. The number of aliphatic carboxylic acids is 1. The molecule has 0 aliphatic heterocycles. The predicted molar refractivity (Wildman–Crippen MR) is 91.9 cm³/mol. The van der Waals surface area contributed by atoms with Crippen LogP contribution in [0.5, 0.6) is 0 Å². The first-order valence-electron chi connectivity index (χ1n) is 8.31. The van der Waals surface area contributed by atoms with Crippen molar-refractivity contribution in [1.82, 2.24) is 0 Å². The summed E-state index contributed by atoms with van der Waals surface area (Å²) in [5, 5.41) is 28.8. The number of carbonyl (C=O) groups excluding carboxylic acids is 2. The summed E-state index contributed by atoms with van der Waals surface area (Å²) < 4.78 is 14.5. The number of nitrogens with zero attached hydrogens (tertiary/aromatic N) is 2. The summed E-state index contributed by atoms with van der Waals surface area (Å²) in [4.78, 5) is 36.5. The third kappa shape index (κ3) is 5.66. The lowest BCUT2D eigenvalue weighted by Gasteiger charge is -2.35. The first-order valence-corrected chi connectivity index (χ1v) is 8.31. The van der Waals surface area contributed by atoms with E-state index in [1.807, 2.05) is 6.07 Å². The van der Waals surface area contributed by atoms with Crippen LogP contribution in [0.4, 0.5) is 0 Å².